The molecule has 11 heteroatoms. The number of rotatable bonds is 7. The molecule has 1 saturated heterocycles. The van der Waals surface area contributed by atoms with Crippen LogP contribution in [0, 0.1) is 0 Å². The van der Waals surface area contributed by atoms with Crippen molar-refractivity contribution in [2.45, 2.75) is 32.5 Å². The zero-order valence-corrected chi connectivity index (χ0v) is 20.0. The lowest BCUT2D eigenvalue weighted by Gasteiger charge is -2.18. The number of fused-ring (bicyclic) bond motifs is 1. The quantitative estimate of drug-likeness (QED) is 0.305. The number of nitrogens with zero attached hydrogens (tertiary/aromatic N) is 3. The minimum absolute atomic E-state index is 0. The van der Waals surface area contributed by atoms with Crippen molar-refractivity contribution in [1.82, 2.24) is 15.6 Å². The summed E-state index contributed by atoms with van der Waals surface area (Å²) in [5, 5.41) is 6.36. The summed E-state index contributed by atoms with van der Waals surface area (Å²) in [7, 11) is 1.65. The average Bonchev–Trinajstić information content (AvgIpc) is 3.45. The maximum Gasteiger partial charge on any atom is 0.387 e. The van der Waals surface area contributed by atoms with Crippen molar-refractivity contribution >= 4 is 35.8 Å². The molecule has 2 aliphatic heterocycles. The van der Waals surface area contributed by atoms with Gasteiger partial charge in [0.05, 0.1) is 0 Å². The van der Waals surface area contributed by atoms with Crippen molar-refractivity contribution in [3.05, 3.63) is 41.6 Å². The molecular weight excluding hydrogens is 535 g/mol. The van der Waals surface area contributed by atoms with Crippen molar-refractivity contribution in [3.63, 3.8) is 0 Å². The topological polar surface area (TPSA) is 80.2 Å². The Morgan fingerprint density at radius 3 is 2.59 bits per heavy atom. The van der Waals surface area contributed by atoms with Gasteiger partial charge < -0.3 is 29.7 Å². The lowest BCUT2D eigenvalue weighted by Crippen LogP contribution is -2.36. The number of halogens is 3. The van der Waals surface area contributed by atoms with Crippen molar-refractivity contribution in [3.8, 4) is 17.2 Å². The second-order valence-electron chi connectivity index (χ2n) is 7.19. The first-order valence-electron chi connectivity index (χ1n) is 10.1. The molecule has 0 radical (unpaired) electrons. The van der Waals surface area contributed by atoms with E-state index in [9.17, 15) is 8.78 Å². The third-order valence-electron chi connectivity index (χ3n) is 5.14. The van der Waals surface area contributed by atoms with Crippen LogP contribution < -0.4 is 29.7 Å². The summed E-state index contributed by atoms with van der Waals surface area (Å²) in [4.78, 5) is 10.9. The van der Waals surface area contributed by atoms with Gasteiger partial charge in [-0.3, -0.25) is 4.99 Å². The predicted octanol–water partition coefficient (Wildman–Crippen LogP) is 3.50. The van der Waals surface area contributed by atoms with Gasteiger partial charge >= 0.3 is 6.61 Å². The molecule has 1 fully saturated rings. The highest BCUT2D eigenvalue weighted by Gasteiger charge is 2.20. The largest absolute Gasteiger partial charge is 0.454 e. The maximum absolute atomic E-state index is 12.8. The van der Waals surface area contributed by atoms with E-state index in [0.29, 0.717) is 29.6 Å². The second kappa shape index (κ2) is 11.3. The number of hydrogen-bond donors (Lipinski definition) is 2. The number of pyridine rings is 1. The van der Waals surface area contributed by atoms with Gasteiger partial charge in [0, 0.05) is 51.1 Å². The standard InChI is InChI=1S/C21H25F2N5O3.HI/c1-24-21(26-11-14-4-5-25-19(8-14)28-6-2-3-7-28)27-12-15-9-17-18(30-13-29-17)10-16(15)31-20(22)23;/h4-5,8-10,20H,2-3,6-7,11-13H2,1H3,(H2,24,26,27);1H. The molecule has 0 saturated carbocycles. The molecule has 2 N–H and O–H groups in total. The first-order chi connectivity index (χ1) is 15.1. The molecule has 3 heterocycles. The molecule has 0 amide bonds. The molecule has 0 unspecified atom stereocenters. The average molecular weight is 561 g/mol. The van der Waals surface area contributed by atoms with Crippen molar-refractivity contribution in [2.75, 3.05) is 31.8 Å². The summed E-state index contributed by atoms with van der Waals surface area (Å²) in [6, 6.07) is 7.06. The number of aliphatic imine (C=N–C) groups is 1. The fourth-order valence-corrected chi connectivity index (χ4v) is 3.58. The van der Waals surface area contributed by atoms with Crippen molar-refractivity contribution in [2.24, 2.45) is 4.99 Å². The van der Waals surface area contributed by atoms with Gasteiger partial charge in [0.1, 0.15) is 11.6 Å². The zero-order valence-electron chi connectivity index (χ0n) is 17.6. The number of hydrogen-bond acceptors (Lipinski definition) is 6. The van der Waals surface area contributed by atoms with Crippen LogP contribution >= 0.6 is 24.0 Å². The van der Waals surface area contributed by atoms with E-state index < -0.39 is 6.61 Å². The van der Waals surface area contributed by atoms with Crippen LogP contribution in [-0.4, -0.2) is 44.5 Å². The SMILES string of the molecule is CN=C(NCc1ccnc(N2CCCC2)c1)NCc1cc2c(cc1OC(F)F)OCO2.I. The molecule has 1 aromatic heterocycles. The van der Waals surface area contributed by atoms with Crippen LogP contribution in [0.5, 0.6) is 17.2 Å². The molecule has 0 spiro atoms. The minimum atomic E-state index is -2.94. The smallest absolute Gasteiger partial charge is 0.387 e. The van der Waals surface area contributed by atoms with Crippen LogP contribution in [0.4, 0.5) is 14.6 Å². The molecule has 2 aromatic rings. The Morgan fingerprint density at radius 2 is 1.88 bits per heavy atom. The Hall–Kier alpha value is -2.57. The Kier molecular flexibility index (Phi) is 8.53. The first-order valence-corrected chi connectivity index (χ1v) is 10.1. The van der Waals surface area contributed by atoms with Gasteiger partial charge in [0.15, 0.2) is 17.5 Å². The molecule has 2 aliphatic rings. The fraction of sp³-hybridized carbons (Fsp3) is 0.429. The van der Waals surface area contributed by atoms with Gasteiger partial charge in [-0.05, 0) is 36.6 Å². The number of guanidine groups is 1. The summed E-state index contributed by atoms with van der Waals surface area (Å²) in [6.45, 7) is -0.0575. The Balaban J connectivity index is 0.00000289. The highest BCUT2D eigenvalue weighted by Crippen LogP contribution is 2.38. The van der Waals surface area contributed by atoms with E-state index in [0.717, 1.165) is 24.5 Å². The Bertz CT molecular complexity index is 942. The molecule has 4 rings (SSSR count). The highest BCUT2D eigenvalue weighted by molar-refractivity contribution is 14.0. The van der Waals surface area contributed by atoms with E-state index in [1.54, 1.807) is 19.3 Å². The molecule has 0 atom stereocenters. The first kappa shape index (κ1) is 24.1. The third-order valence-corrected chi connectivity index (χ3v) is 5.14. The molecular formula is C21H26F2IN5O3. The Morgan fingerprint density at radius 1 is 1.16 bits per heavy atom. The van der Waals surface area contributed by atoms with Gasteiger partial charge in [-0.15, -0.1) is 24.0 Å². The van der Waals surface area contributed by atoms with Gasteiger partial charge in [-0.1, -0.05) is 0 Å². The third kappa shape index (κ3) is 6.02. The minimum Gasteiger partial charge on any atom is -0.454 e. The fourth-order valence-electron chi connectivity index (χ4n) is 3.58. The molecule has 32 heavy (non-hydrogen) atoms. The van der Waals surface area contributed by atoms with E-state index in [2.05, 4.69) is 36.3 Å². The summed E-state index contributed by atoms with van der Waals surface area (Å²) < 4.78 is 40.9. The number of aromatic nitrogens is 1. The van der Waals surface area contributed by atoms with Gasteiger partial charge in [-0.25, -0.2) is 4.98 Å². The van der Waals surface area contributed by atoms with Crippen LogP contribution in [0.2, 0.25) is 0 Å². The number of ether oxygens (including phenoxy) is 3. The van der Waals surface area contributed by atoms with Crippen LogP contribution in [0.15, 0.2) is 35.5 Å². The molecule has 8 nitrogen and oxygen atoms in total. The van der Waals surface area contributed by atoms with Crippen molar-refractivity contribution < 1.29 is 23.0 Å². The molecule has 174 valence electrons. The van der Waals surface area contributed by atoms with E-state index in [4.69, 9.17) is 9.47 Å². The molecule has 1 aromatic carbocycles. The second-order valence-corrected chi connectivity index (χ2v) is 7.19. The lowest BCUT2D eigenvalue weighted by atomic mass is 10.1. The summed E-state index contributed by atoms with van der Waals surface area (Å²) in [5.41, 5.74) is 1.58. The van der Waals surface area contributed by atoms with Gasteiger partial charge in [0.25, 0.3) is 0 Å². The molecule has 0 bridgehead atoms. The van der Waals surface area contributed by atoms with E-state index in [1.165, 1.54) is 18.9 Å². The van der Waals surface area contributed by atoms with E-state index in [-0.39, 0.29) is 43.1 Å². The van der Waals surface area contributed by atoms with E-state index in [1.807, 2.05) is 6.07 Å². The van der Waals surface area contributed by atoms with Crippen molar-refractivity contribution in [1.29, 1.82) is 0 Å². The van der Waals surface area contributed by atoms with Gasteiger partial charge in [-0.2, -0.15) is 8.78 Å². The monoisotopic (exact) mass is 561 g/mol. The predicted molar refractivity (Wildman–Crippen MR) is 127 cm³/mol. The highest BCUT2D eigenvalue weighted by atomic mass is 127. The summed E-state index contributed by atoms with van der Waals surface area (Å²) in [6.07, 6.45) is 4.19. The maximum atomic E-state index is 12.8. The summed E-state index contributed by atoms with van der Waals surface area (Å²) >= 11 is 0. The lowest BCUT2D eigenvalue weighted by molar-refractivity contribution is -0.0505. The van der Waals surface area contributed by atoms with Gasteiger partial charge in [0.2, 0.25) is 6.79 Å². The summed E-state index contributed by atoms with van der Waals surface area (Å²) in [5.74, 6) is 2.42. The number of anilines is 1. The number of benzene rings is 1. The number of alkyl halides is 2. The normalized spacial score (nSPS) is 15.0. The Labute approximate surface area is 202 Å². The zero-order chi connectivity index (χ0) is 21.6. The molecule has 0 aliphatic carbocycles. The van der Waals surface area contributed by atoms with E-state index >= 15 is 0 Å². The van der Waals surface area contributed by atoms with Crippen LogP contribution in [0.25, 0.3) is 0 Å². The number of nitrogens with one attached hydrogen (secondary N) is 2. The van der Waals surface area contributed by atoms with Crippen LogP contribution in [0.3, 0.4) is 0 Å². The van der Waals surface area contributed by atoms with Crippen LogP contribution in [0.1, 0.15) is 24.0 Å². The van der Waals surface area contributed by atoms with Crippen LogP contribution in [-0.2, 0) is 13.1 Å².